The maximum Gasteiger partial charge on any atom is 0.305 e. The van der Waals surface area contributed by atoms with Crippen molar-refractivity contribution in [2.24, 2.45) is 23.7 Å². The first-order valence-electron chi connectivity index (χ1n) is 15.9. The minimum Gasteiger partial charge on any atom is -0.469 e. The summed E-state index contributed by atoms with van der Waals surface area (Å²) in [4.78, 5) is 22.9. The number of ether oxygens (including phenoxy) is 5. The number of alkyl halides is 2. The lowest BCUT2D eigenvalue weighted by Crippen LogP contribution is -2.32. The highest BCUT2D eigenvalue weighted by atomic mass is 79.9. The number of carbonyl (C=O) groups is 2. The van der Waals surface area contributed by atoms with Gasteiger partial charge in [-0.1, -0.05) is 82.9 Å². The number of halogens is 2. The molecule has 43 heavy (non-hydrogen) atoms. The highest BCUT2D eigenvalue weighted by Gasteiger charge is 2.25. The van der Waals surface area contributed by atoms with Crippen molar-refractivity contribution in [1.82, 2.24) is 0 Å². The van der Waals surface area contributed by atoms with Crippen molar-refractivity contribution in [2.75, 3.05) is 38.1 Å². The maximum atomic E-state index is 11.5. The fraction of sp³-hybridized carbons (Fsp3) is 0.824. The van der Waals surface area contributed by atoms with E-state index in [4.69, 9.17) is 23.7 Å². The van der Waals surface area contributed by atoms with Crippen LogP contribution in [0.2, 0.25) is 0 Å². The highest BCUT2D eigenvalue weighted by molar-refractivity contribution is 9.09. The van der Waals surface area contributed by atoms with E-state index in [0.717, 1.165) is 62.0 Å². The molecule has 0 aliphatic carbocycles. The fourth-order valence-corrected chi connectivity index (χ4v) is 5.47. The number of methoxy groups -OCH3 is 2. The minimum absolute atomic E-state index is 0.174. The van der Waals surface area contributed by atoms with Crippen LogP contribution in [0.1, 0.15) is 106 Å². The van der Waals surface area contributed by atoms with E-state index in [0.29, 0.717) is 49.7 Å². The molecule has 7 nitrogen and oxygen atoms in total. The Kier molecular flexibility index (Phi) is 26.0. The Morgan fingerprint density at radius 2 is 1.02 bits per heavy atom. The molecule has 0 saturated heterocycles. The van der Waals surface area contributed by atoms with Gasteiger partial charge in [0.1, 0.15) is 0 Å². The number of carbonyl (C=O) groups excluding carboxylic acids is 2. The molecular formula is C34H60Br2O7. The molecular weight excluding hydrogens is 680 g/mol. The lowest BCUT2D eigenvalue weighted by Gasteiger charge is -2.30. The normalized spacial score (nSPS) is 15.4. The van der Waals surface area contributed by atoms with Gasteiger partial charge in [0.2, 0.25) is 0 Å². The Morgan fingerprint density at radius 3 is 1.33 bits per heavy atom. The molecule has 0 amide bonds. The lowest BCUT2D eigenvalue weighted by molar-refractivity contribution is -0.258. The van der Waals surface area contributed by atoms with Crippen LogP contribution in [-0.2, 0) is 33.3 Å². The van der Waals surface area contributed by atoms with Crippen LogP contribution in [0.4, 0.5) is 0 Å². The second-order valence-corrected chi connectivity index (χ2v) is 13.7. The molecule has 4 atom stereocenters. The van der Waals surface area contributed by atoms with Crippen LogP contribution in [0.3, 0.4) is 0 Å². The standard InChI is InChI=1S/C34H60Br2O7/c1-25(2)23-41-33(19-29(21-35)13-9-11-27(5)15-17-31(37)39-7)43-34(42-24-26(3)4)20-30(22-36)14-10-12-28(6)16-18-32(38)40-8/h11-12,25-26,29-30,33-34H,9-10,13-24H2,1-8H3. The van der Waals surface area contributed by atoms with Crippen molar-refractivity contribution in [1.29, 1.82) is 0 Å². The molecule has 0 fully saturated rings. The first-order chi connectivity index (χ1) is 20.4. The maximum absolute atomic E-state index is 11.5. The largest absolute Gasteiger partial charge is 0.469 e. The molecule has 0 radical (unpaired) electrons. The molecule has 0 bridgehead atoms. The van der Waals surface area contributed by atoms with Gasteiger partial charge >= 0.3 is 11.9 Å². The van der Waals surface area contributed by atoms with Crippen molar-refractivity contribution >= 4 is 43.8 Å². The van der Waals surface area contributed by atoms with E-state index < -0.39 is 0 Å². The summed E-state index contributed by atoms with van der Waals surface area (Å²) in [5.41, 5.74) is 2.41. The predicted octanol–water partition coefficient (Wildman–Crippen LogP) is 9.16. The second-order valence-electron chi connectivity index (χ2n) is 12.4. The van der Waals surface area contributed by atoms with Crippen molar-refractivity contribution in [3.05, 3.63) is 23.3 Å². The third-order valence-electron chi connectivity index (χ3n) is 7.06. The first kappa shape index (κ1) is 42.3. The average molecular weight is 741 g/mol. The van der Waals surface area contributed by atoms with Gasteiger partial charge in [0.25, 0.3) is 0 Å². The highest BCUT2D eigenvalue weighted by Crippen LogP contribution is 2.26. The Morgan fingerprint density at radius 1 is 0.651 bits per heavy atom. The third kappa shape index (κ3) is 24.2. The zero-order chi connectivity index (χ0) is 32.6. The summed E-state index contributed by atoms with van der Waals surface area (Å²) < 4.78 is 28.7. The smallest absolute Gasteiger partial charge is 0.305 e. The van der Waals surface area contributed by atoms with Crippen LogP contribution >= 0.6 is 31.9 Å². The van der Waals surface area contributed by atoms with Gasteiger partial charge in [0.05, 0.1) is 27.4 Å². The summed E-state index contributed by atoms with van der Waals surface area (Å²) in [5, 5.41) is 1.71. The molecule has 9 heteroatoms. The monoisotopic (exact) mass is 738 g/mol. The van der Waals surface area contributed by atoms with E-state index in [1.165, 1.54) is 25.4 Å². The SMILES string of the molecule is COC(=O)CCC(C)=CCCC(CBr)CC(OCC(C)C)OC(CC(CBr)CCC=C(C)CCC(=O)OC)OCC(C)C. The molecule has 0 rings (SSSR count). The van der Waals surface area contributed by atoms with E-state index in [2.05, 4.69) is 85.6 Å². The summed E-state index contributed by atoms with van der Waals surface area (Å²) in [6.45, 7) is 14.0. The molecule has 0 aliphatic rings. The fourth-order valence-electron chi connectivity index (χ4n) is 4.29. The van der Waals surface area contributed by atoms with Crippen LogP contribution in [0, 0.1) is 23.7 Å². The molecule has 0 N–H and O–H groups in total. The zero-order valence-electron chi connectivity index (χ0n) is 28.1. The molecule has 0 aromatic carbocycles. The Balaban J connectivity index is 5.34. The topological polar surface area (TPSA) is 80.3 Å². The summed E-state index contributed by atoms with van der Waals surface area (Å²) in [6, 6.07) is 0. The van der Waals surface area contributed by atoms with E-state index in [-0.39, 0.29) is 24.5 Å². The van der Waals surface area contributed by atoms with E-state index in [1.807, 2.05) is 0 Å². The minimum atomic E-state index is -0.358. The lowest BCUT2D eigenvalue weighted by atomic mass is 9.99. The number of hydrogen-bond donors (Lipinski definition) is 0. The Labute approximate surface area is 279 Å². The molecule has 252 valence electrons. The van der Waals surface area contributed by atoms with Gasteiger partial charge in [-0.3, -0.25) is 9.59 Å². The Hall–Kier alpha value is -0.740. The number of esters is 2. The zero-order valence-corrected chi connectivity index (χ0v) is 31.3. The summed E-state index contributed by atoms with van der Waals surface area (Å²) in [7, 11) is 2.85. The van der Waals surface area contributed by atoms with Crippen molar-refractivity contribution in [2.45, 2.75) is 118 Å². The van der Waals surface area contributed by atoms with Crippen LogP contribution in [-0.4, -0.2) is 62.6 Å². The van der Waals surface area contributed by atoms with E-state index in [9.17, 15) is 9.59 Å². The molecule has 0 heterocycles. The van der Waals surface area contributed by atoms with Gasteiger partial charge in [-0.15, -0.1) is 0 Å². The average Bonchev–Trinajstić information content (AvgIpc) is 2.98. The van der Waals surface area contributed by atoms with Crippen LogP contribution in [0.5, 0.6) is 0 Å². The van der Waals surface area contributed by atoms with Gasteiger partial charge in [-0.2, -0.15) is 0 Å². The molecule has 0 aromatic heterocycles. The second kappa shape index (κ2) is 26.5. The van der Waals surface area contributed by atoms with Gasteiger partial charge in [-0.05, 0) is 76.0 Å². The molecule has 0 saturated carbocycles. The summed E-state index contributed by atoms with van der Waals surface area (Å²) in [6.07, 6.45) is 11.4. The number of hydrogen-bond acceptors (Lipinski definition) is 7. The number of allylic oxidation sites excluding steroid dienone is 4. The van der Waals surface area contributed by atoms with E-state index >= 15 is 0 Å². The van der Waals surface area contributed by atoms with Crippen molar-refractivity contribution in [3.63, 3.8) is 0 Å². The quantitative estimate of drug-likeness (QED) is 0.0379. The van der Waals surface area contributed by atoms with Gasteiger partial charge < -0.3 is 23.7 Å². The number of rotatable bonds is 26. The third-order valence-corrected chi connectivity index (χ3v) is 8.89. The van der Waals surface area contributed by atoms with Crippen LogP contribution < -0.4 is 0 Å². The van der Waals surface area contributed by atoms with Crippen molar-refractivity contribution in [3.8, 4) is 0 Å². The van der Waals surface area contributed by atoms with Crippen LogP contribution in [0.25, 0.3) is 0 Å². The predicted molar refractivity (Wildman–Crippen MR) is 183 cm³/mol. The van der Waals surface area contributed by atoms with Gasteiger partial charge in [-0.25, -0.2) is 0 Å². The van der Waals surface area contributed by atoms with Crippen molar-refractivity contribution < 1.29 is 33.3 Å². The molecule has 0 spiro atoms. The molecule has 0 aromatic rings. The summed E-state index contributed by atoms with van der Waals surface area (Å²) in [5.74, 6) is 1.19. The van der Waals surface area contributed by atoms with Crippen LogP contribution in [0.15, 0.2) is 23.3 Å². The Bertz CT molecular complexity index is 734. The van der Waals surface area contributed by atoms with E-state index in [1.54, 1.807) is 0 Å². The van der Waals surface area contributed by atoms with Gasteiger partial charge in [0.15, 0.2) is 12.6 Å². The summed E-state index contributed by atoms with van der Waals surface area (Å²) >= 11 is 7.44. The molecule has 4 unspecified atom stereocenters. The molecule has 0 aliphatic heterocycles. The first-order valence-corrected chi connectivity index (χ1v) is 18.1. The van der Waals surface area contributed by atoms with Gasteiger partial charge in [0, 0.05) is 36.3 Å².